The van der Waals surface area contributed by atoms with Gasteiger partial charge in [0.25, 0.3) is 0 Å². The van der Waals surface area contributed by atoms with E-state index in [9.17, 15) is 9.59 Å². The monoisotopic (exact) mass is 300 g/mol. The summed E-state index contributed by atoms with van der Waals surface area (Å²) in [6, 6.07) is 10.3. The molecule has 1 aromatic rings. The van der Waals surface area contributed by atoms with Crippen LogP contribution in [-0.4, -0.2) is 18.4 Å². The maximum Gasteiger partial charge on any atom is 0.306 e. The molecule has 0 bridgehead atoms. The minimum atomic E-state index is -0.0761. The van der Waals surface area contributed by atoms with Crippen molar-refractivity contribution in [3.63, 3.8) is 0 Å². The van der Waals surface area contributed by atoms with Gasteiger partial charge in [-0.2, -0.15) is 0 Å². The molecule has 1 aromatic carbocycles. The number of hydrogen-bond donors (Lipinski definition) is 0. The van der Waals surface area contributed by atoms with Gasteiger partial charge in [0.2, 0.25) is 0 Å². The molecule has 1 saturated heterocycles. The molecule has 3 nitrogen and oxygen atoms in total. The zero-order valence-electron chi connectivity index (χ0n) is 13.0. The van der Waals surface area contributed by atoms with Crippen molar-refractivity contribution < 1.29 is 14.3 Å². The molecule has 1 aliphatic heterocycles. The maximum absolute atomic E-state index is 11.7. The van der Waals surface area contributed by atoms with Crippen molar-refractivity contribution in [2.75, 3.05) is 0 Å². The second-order valence-corrected chi connectivity index (χ2v) is 6.68. The maximum atomic E-state index is 11.7. The molecule has 1 unspecified atom stereocenters. The van der Waals surface area contributed by atoms with Gasteiger partial charge in [0.05, 0.1) is 0 Å². The largest absolute Gasteiger partial charge is 0.462 e. The first-order chi connectivity index (χ1) is 10.8. The Kier molecular flexibility index (Phi) is 4.60. The first kappa shape index (κ1) is 15.3. The standard InChI is InChI=1S/C19H24O3/c20-14-11-16(15-7-3-1-4-8-15)19(12-5-2-6-13-19)17-9-10-18(21)22-17/h1,3-4,7-8,14,16-17H,2,5-6,9-13H2/t16-,17?/m0/s1. The topological polar surface area (TPSA) is 43.4 Å². The lowest BCUT2D eigenvalue weighted by atomic mass is 9.59. The van der Waals surface area contributed by atoms with Crippen molar-refractivity contribution in [3.8, 4) is 0 Å². The van der Waals surface area contributed by atoms with Crippen LogP contribution in [0.15, 0.2) is 30.3 Å². The van der Waals surface area contributed by atoms with Crippen molar-refractivity contribution in [1.29, 1.82) is 0 Å². The normalized spacial score (nSPS) is 25.5. The van der Waals surface area contributed by atoms with Gasteiger partial charge in [-0.15, -0.1) is 0 Å². The van der Waals surface area contributed by atoms with Crippen LogP contribution < -0.4 is 0 Å². The number of rotatable bonds is 5. The molecule has 1 saturated carbocycles. The Morgan fingerprint density at radius 2 is 1.91 bits per heavy atom. The predicted octanol–water partition coefficient (Wildman–Crippen LogP) is 4.02. The fraction of sp³-hybridized carbons (Fsp3) is 0.579. The predicted molar refractivity (Wildman–Crippen MR) is 84.5 cm³/mol. The summed E-state index contributed by atoms with van der Waals surface area (Å²) in [7, 11) is 0. The van der Waals surface area contributed by atoms with E-state index in [1.807, 2.05) is 18.2 Å². The Balaban J connectivity index is 1.98. The van der Waals surface area contributed by atoms with E-state index in [0.29, 0.717) is 12.8 Å². The zero-order chi connectivity index (χ0) is 15.4. The number of hydrogen-bond acceptors (Lipinski definition) is 3. The van der Waals surface area contributed by atoms with E-state index in [2.05, 4.69) is 12.1 Å². The van der Waals surface area contributed by atoms with Crippen molar-refractivity contribution in [2.24, 2.45) is 5.41 Å². The SMILES string of the molecule is O=CC[C@@H](c1ccccc1)C1(C2CCC(=O)O2)CCCCC1. The molecule has 118 valence electrons. The van der Waals surface area contributed by atoms with Gasteiger partial charge in [0.15, 0.2) is 0 Å². The molecule has 22 heavy (non-hydrogen) atoms. The van der Waals surface area contributed by atoms with Crippen LogP contribution in [0.3, 0.4) is 0 Å². The van der Waals surface area contributed by atoms with Gasteiger partial charge in [-0.3, -0.25) is 4.79 Å². The first-order valence-electron chi connectivity index (χ1n) is 8.44. The van der Waals surface area contributed by atoms with Gasteiger partial charge in [-0.25, -0.2) is 0 Å². The van der Waals surface area contributed by atoms with Crippen molar-refractivity contribution in [1.82, 2.24) is 0 Å². The molecule has 1 aliphatic carbocycles. The number of benzene rings is 1. The van der Waals surface area contributed by atoms with Gasteiger partial charge in [0, 0.05) is 18.3 Å². The highest BCUT2D eigenvalue weighted by Gasteiger charge is 2.49. The highest BCUT2D eigenvalue weighted by atomic mass is 16.5. The minimum absolute atomic E-state index is 0.0227. The Hall–Kier alpha value is -1.64. The fourth-order valence-corrected chi connectivity index (χ4v) is 4.52. The summed E-state index contributed by atoms with van der Waals surface area (Å²) in [6.45, 7) is 0. The Morgan fingerprint density at radius 3 is 2.50 bits per heavy atom. The smallest absolute Gasteiger partial charge is 0.306 e. The third kappa shape index (κ3) is 2.81. The molecule has 2 aliphatic rings. The number of carbonyl (C=O) groups is 2. The number of aldehydes is 1. The second-order valence-electron chi connectivity index (χ2n) is 6.68. The van der Waals surface area contributed by atoms with Gasteiger partial charge in [-0.1, -0.05) is 49.6 Å². The molecule has 0 aromatic heterocycles. The van der Waals surface area contributed by atoms with E-state index < -0.39 is 0 Å². The number of carbonyl (C=O) groups excluding carboxylic acids is 2. The third-order valence-electron chi connectivity index (χ3n) is 5.54. The lowest BCUT2D eigenvalue weighted by Crippen LogP contribution is -2.42. The molecule has 0 N–H and O–H groups in total. The van der Waals surface area contributed by atoms with Crippen LogP contribution in [-0.2, 0) is 14.3 Å². The van der Waals surface area contributed by atoms with Crippen LogP contribution in [0.4, 0.5) is 0 Å². The van der Waals surface area contributed by atoms with Crippen molar-refractivity contribution >= 4 is 12.3 Å². The van der Waals surface area contributed by atoms with Crippen LogP contribution >= 0.6 is 0 Å². The summed E-state index contributed by atoms with van der Waals surface area (Å²) in [4.78, 5) is 23.0. The Bertz CT molecular complexity index is 517. The van der Waals surface area contributed by atoms with E-state index in [-0.39, 0.29) is 23.4 Å². The van der Waals surface area contributed by atoms with Crippen molar-refractivity contribution in [3.05, 3.63) is 35.9 Å². The molecule has 0 spiro atoms. The summed E-state index contributed by atoms with van der Waals surface area (Å²) < 4.78 is 5.70. The summed E-state index contributed by atoms with van der Waals surface area (Å²) in [5.41, 5.74) is 1.14. The minimum Gasteiger partial charge on any atom is -0.462 e. The van der Waals surface area contributed by atoms with Crippen LogP contribution in [0.5, 0.6) is 0 Å². The van der Waals surface area contributed by atoms with Gasteiger partial charge < -0.3 is 9.53 Å². The summed E-state index contributed by atoms with van der Waals surface area (Å²) in [5, 5.41) is 0. The Labute approximate surface area is 132 Å². The van der Waals surface area contributed by atoms with Gasteiger partial charge >= 0.3 is 5.97 Å². The lowest BCUT2D eigenvalue weighted by Gasteiger charge is -2.46. The molecule has 1 heterocycles. The van der Waals surface area contributed by atoms with Gasteiger partial charge in [0.1, 0.15) is 12.4 Å². The summed E-state index contributed by atoms with van der Waals surface area (Å²) in [5.74, 6) is 0.0789. The molecular weight excluding hydrogens is 276 g/mol. The van der Waals surface area contributed by atoms with E-state index in [4.69, 9.17) is 4.74 Å². The third-order valence-corrected chi connectivity index (χ3v) is 5.54. The fourth-order valence-electron chi connectivity index (χ4n) is 4.52. The molecule has 2 fully saturated rings. The molecule has 3 heteroatoms. The average Bonchev–Trinajstić information content (AvgIpc) is 3.01. The highest BCUT2D eigenvalue weighted by molar-refractivity contribution is 5.71. The molecule has 3 rings (SSSR count). The molecule has 0 radical (unpaired) electrons. The highest BCUT2D eigenvalue weighted by Crippen LogP contribution is 2.54. The summed E-state index contributed by atoms with van der Waals surface area (Å²) in [6.07, 6.45) is 8.53. The number of ether oxygens (including phenoxy) is 1. The van der Waals surface area contributed by atoms with Crippen LogP contribution in [0.1, 0.15) is 62.8 Å². The van der Waals surface area contributed by atoms with E-state index in [0.717, 1.165) is 38.4 Å². The van der Waals surface area contributed by atoms with Gasteiger partial charge in [-0.05, 0) is 30.7 Å². The second kappa shape index (κ2) is 6.64. The lowest BCUT2D eigenvalue weighted by molar-refractivity contribution is -0.149. The number of esters is 1. The molecule has 2 atom stereocenters. The zero-order valence-corrected chi connectivity index (χ0v) is 13.0. The van der Waals surface area contributed by atoms with E-state index >= 15 is 0 Å². The Morgan fingerprint density at radius 1 is 1.18 bits per heavy atom. The van der Waals surface area contributed by atoms with Crippen LogP contribution in [0.2, 0.25) is 0 Å². The molecular formula is C19H24O3. The average molecular weight is 300 g/mol. The number of cyclic esters (lactones) is 1. The molecule has 0 amide bonds. The van der Waals surface area contributed by atoms with Crippen molar-refractivity contribution in [2.45, 2.75) is 63.4 Å². The van der Waals surface area contributed by atoms with E-state index in [1.54, 1.807) is 0 Å². The summed E-state index contributed by atoms with van der Waals surface area (Å²) >= 11 is 0. The quantitative estimate of drug-likeness (QED) is 0.609. The van der Waals surface area contributed by atoms with E-state index in [1.165, 1.54) is 12.0 Å². The van der Waals surface area contributed by atoms with Crippen LogP contribution in [0, 0.1) is 5.41 Å². The first-order valence-corrected chi connectivity index (χ1v) is 8.44. The van der Waals surface area contributed by atoms with Crippen LogP contribution in [0.25, 0.3) is 0 Å².